The minimum atomic E-state index is 0. The number of H-pyrrole nitrogens is 1. The second-order valence-corrected chi connectivity index (χ2v) is 7.56. The lowest BCUT2D eigenvalue weighted by Crippen LogP contribution is -2.42. The van der Waals surface area contributed by atoms with E-state index >= 15 is 0 Å². The highest BCUT2D eigenvalue weighted by Gasteiger charge is 2.44. The monoisotopic (exact) mass is 336 g/mol. The molecule has 3 atom stereocenters. The van der Waals surface area contributed by atoms with Crippen LogP contribution >= 0.6 is 12.4 Å². The Bertz CT molecular complexity index is 612. The summed E-state index contributed by atoms with van der Waals surface area (Å²) in [6.07, 6.45) is 8.00. The zero-order chi connectivity index (χ0) is 14.7. The second-order valence-electron chi connectivity index (χ2n) is 7.56. The van der Waals surface area contributed by atoms with Crippen LogP contribution in [-0.4, -0.2) is 46.2 Å². The van der Waals surface area contributed by atoms with Gasteiger partial charge in [0.25, 0.3) is 0 Å². The van der Waals surface area contributed by atoms with Gasteiger partial charge >= 0.3 is 0 Å². The highest BCUT2D eigenvalue weighted by molar-refractivity contribution is 5.85. The summed E-state index contributed by atoms with van der Waals surface area (Å²) < 4.78 is 0. The lowest BCUT2D eigenvalue weighted by molar-refractivity contribution is -0.136. The molecular formula is C17H25ClN4O. The summed E-state index contributed by atoms with van der Waals surface area (Å²) in [5.74, 6) is 1.32. The van der Waals surface area contributed by atoms with Gasteiger partial charge in [0.2, 0.25) is 5.91 Å². The van der Waals surface area contributed by atoms with Crippen molar-refractivity contribution in [2.45, 2.75) is 62.9 Å². The zero-order valence-corrected chi connectivity index (χ0v) is 14.2. The van der Waals surface area contributed by atoms with Crippen LogP contribution in [0.1, 0.15) is 55.0 Å². The number of hydrogen-bond donors (Lipinski definition) is 2. The smallest absolute Gasteiger partial charge is 0.227 e. The molecule has 6 heteroatoms. The van der Waals surface area contributed by atoms with Gasteiger partial charge in [0.05, 0.1) is 11.6 Å². The Morgan fingerprint density at radius 2 is 1.96 bits per heavy atom. The van der Waals surface area contributed by atoms with E-state index in [0.717, 1.165) is 32.4 Å². The van der Waals surface area contributed by atoms with E-state index in [-0.39, 0.29) is 18.3 Å². The molecule has 0 aromatic carbocycles. The number of fused-ring (bicyclic) bond motifs is 3. The molecule has 5 nitrogen and oxygen atoms in total. The summed E-state index contributed by atoms with van der Waals surface area (Å²) in [4.78, 5) is 15.0. The third kappa shape index (κ3) is 2.58. The first-order chi connectivity index (χ1) is 10.8. The van der Waals surface area contributed by atoms with Crippen LogP contribution in [0.15, 0.2) is 0 Å². The largest absolute Gasteiger partial charge is 0.342 e. The molecule has 4 heterocycles. The van der Waals surface area contributed by atoms with Crippen molar-refractivity contribution in [1.29, 1.82) is 0 Å². The first kappa shape index (κ1) is 15.5. The van der Waals surface area contributed by atoms with E-state index in [1.54, 1.807) is 0 Å². The Morgan fingerprint density at radius 1 is 1.13 bits per heavy atom. The molecule has 1 saturated carbocycles. The Morgan fingerprint density at radius 3 is 2.65 bits per heavy atom. The van der Waals surface area contributed by atoms with Crippen LogP contribution in [0.5, 0.6) is 0 Å². The minimum Gasteiger partial charge on any atom is -0.342 e. The fourth-order valence-corrected chi connectivity index (χ4v) is 4.75. The molecule has 126 valence electrons. The van der Waals surface area contributed by atoms with E-state index in [9.17, 15) is 4.79 Å². The van der Waals surface area contributed by atoms with E-state index in [1.165, 1.54) is 42.6 Å². The highest BCUT2D eigenvalue weighted by atomic mass is 35.5. The van der Waals surface area contributed by atoms with Gasteiger partial charge in [-0.3, -0.25) is 9.89 Å². The molecule has 3 fully saturated rings. The maximum absolute atomic E-state index is 12.9. The molecule has 1 aliphatic carbocycles. The molecule has 1 aromatic rings. The summed E-state index contributed by atoms with van der Waals surface area (Å²) >= 11 is 0. The van der Waals surface area contributed by atoms with Gasteiger partial charge in [0.1, 0.15) is 0 Å². The lowest BCUT2D eigenvalue weighted by Gasteiger charge is -2.27. The van der Waals surface area contributed by atoms with Gasteiger partial charge in [0.15, 0.2) is 0 Å². The van der Waals surface area contributed by atoms with Crippen LogP contribution in [0, 0.1) is 5.92 Å². The summed E-state index contributed by atoms with van der Waals surface area (Å²) in [5.41, 5.74) is 4.00. The van der Waals surface area contributed by atoms with Crippen molar-refractivity contribution in [3.05, 3.63) is 17.0 Å². The van der Waals surface area contributed by atoms with Crippen molar-refractivity contribution in [1.82, 2.24) is 20.4 Å². The zero-order valence-electron chi connectivity index (χ0n) is 13.4. The van der Waals surface area contributed by atoms with Gasteiger partial charge in [-0.1, -0.05) is 0 Å². The summed E-state index contributed by atoms with van der Waals surface area (Å²) in [5, 5.41) is 11.4. The molecule has 1 aromatic heterocycles. The molecule has 0 unspecified atom stereocenters. The SMILES string of the molecule is Cl.O=C([C@H]1C[C@H]2CC[C@@H]1N2)N1CCc2[nH]nc(C3CC3)c2CC1. The average molecular weight is 337 g/mol. The van der Waals surface area contributed by atoms with Crippen molar-refractivity contribution in [2.75, 3.05) is 13.1 Å². The van der Waals surface area contributed by atoms with Crippen molar-refractivity contribution in [3.63, 3.8) is 0 Å². The third-order valence-corrected chi connectivity index (χ3v) is 6.14. The van der Waals surface area contributed by atoms with Gasteiger partial charge in [-0.25, -0.2) is 0 Å². The normalized spacial score (nSPS) is 32.3. The molecule has 2 N–H and O–H groups in total. The van der Waals surface area contributed by atoms with Crippen LogP contribution < -0.4 is 5.32 Å². The van der Waals surface area contributed by atoms with E-state index in [2.05, 4.69) is 20.4 Å². The molecule has 0 radical (unpaired) electrons. The number of nitrogens with one attached hydrogen (secondary N) is 2. The lowest BCUT2D eigenvalue weighted by atomic mass is 9.88. The number of rotatable bonds is 2. The standard InChI is InChI=1S/C17H24N4O.ClH/c22-17(13-9-11-3-4-14(13)18-11)21-7-5-12-15(6-8-21)19-20-16(12)10-1-2-10;/h10-11,13-14,18H,1-9H2,(H,19,20);1H/t11-,13+,14+;/m1./s1. The van der Waals surface area contributed by atoms with E-state index < -0.39 is 0 Å². The second kappa shape index (κ2) is 5.78. The number of carbonyl (C=O) groups excluding carboxylic acids is 1. The number of aromatic nitrogens is 2. The maximum Gasteiger partial charge on any atom is 0.227 e. The van der Waals surface area contributed by atoms with Gasteiger partial charge in [0, 0.05) is 43.2 Å². The molecule has 2 bridgehead atoms. The van der Waals surface area contributed by atoms with E-state index in [4.69, 9.17) is 0 Å². The summed E-state index contributed by atoms with van der Waals surface area (Å²) in [7, 11) is 0. The third-order valence-electron chi connectivity index (χ3n) is 6.14. The quantitative estimate of drug-likeness (QED) is 0.865. The number of hydrogen-bond acceptors (Lipinski definition) is 3. The molecule has 2 saturated heterocycles. The molecule has 4 aliphatic rings. The van der Waals surface area contributed by atoms with Crippen molar-refractivity contribution < 1.29 is 4.79 Å². The number of aromatic amines is 1. The molecule has 23 heavy (non-hydrogen) atoms. The molecule has 0 spiro atoms. The first-order valence-corrected chi connectivity index (χ1v) is 8.90. The first-order valence-electron chi connectivity index (χ1n) is 8.90. The molecule has 3 aliphatic heterocycles. The van der Waals surface area contributed by atoms with Crippen LogP contribution in [0.4, 0.5) is 0 Å². The van der Waals surface area contributed by atoms with Gasteiger partial charge in [-0.05, 0) is 44.1 Å². The van der Waals surface area contributed by atoms with Crippen LogP contribution in [0.25, 0.3) is 0 Å². The Balaban J connectivity index is 0.00000135. The number of carbonyl (C=O) groups is 1. The summed E-state index contributed by atoms with van der Waals surface area (Å²) in [6.45, 7) is 1.73. The summed E-state index contributed by atoms with van der Waals surface area (Å²) in [6, 6.07) is 1.05. The van der Waals surface area contributed by atoms with Gasteiger partial charge in [-0.2, -0.15) is 5.10 Å². The predicted molar refractivity (Wildman–Crippen MR) is 89.9 cm³/mol. The molecule has 5 rings (SSSR count). The number of amides is 1. The van der Waals surface area contributed by atoms with Crippen molar-refractivity contribution in [2.24, 2.45) is 5.92 Å². The Kier molecular flexibility index (Phi) is 3.88. The number of halogens is 1. The van der Waals surface area contributed by atoms with E-state index in [0.29, 0.717) is 23.9 Å². The van der Waals surface area contributed by atoms with E-state index in [1.807, 2.05) is 0 Å². The highest BCUT2D eigenvalue weighted by Crippen LogP contribution is 2.42. The fourth-order valence-electron chi connectivity index (χ4n) is 4.75. The maximum atomic E-state index is 12.9. The predicted octanol–water partition coefficient (Wildman–Crippen LogP) is 1.78. The fraction of sp³-hybridized carbons (Fsp3) is 0.765. The number of nitrogens with zero attached hydrogens (tertiary/aromatic N) is 2. The molecule has 1 amide bonds. The Labute approximate surface area is 143 Å². The average Bonchev–Trinajstić information content (AvgIpc) is 3.05. The Hall–Kier alpha value is -1.07. The van der Waals surface area contributed by atoms with Gasteiger partial charge in [-0.15, -0.1) is 12.4 Å². The molecular weight excluding hydrogens is 312 g/mol. The van der Waals surface area contributed by atoms with Crippen LogP contribution in [0.3, 0.4) is 0 Å². The van der Waals surface area contributed by atoms with Crippen LogP contribution in [-0.2, 0) is 17.6 Å². The van der Waals surface area contributed by atoms with Crippen LogP contribution in [0.2, 0.25) is 0 Å². The van der Waals surface area contributed by atoms with Crippen molar-refractivity contribution >= 4 is 18.3 Å². The van der Waals surface area contributed by atoms with Gasteiger partial charge < -0.3 is 10.2 Å². The minimum absolute atomic E-state index is 0. The van der Waals surface area contributed by atoms with Crippen molar-refractivity contribution in [3.8, 4) is 0 Å². The topological polar surface area (TPSA) is 61.0 Å².